The van der Waals surface area contributed by atoms with Crippen molar-refractivity contribution in [1.82, 2.24) is 14.4 Å². The van der Waals surface area contributed by atoms with Crippen LogP contribution in [0.2, 0.25) is 0 Å². The van der Waals surface area contributed by atoms with Gasteiger partial charge in [-0.25, -0.2) is 8.42 Å². The SMILES string of the molecule is Cc1ccc(S(=O)(=O)N2CCN(Cc3noc4ccccc34)CC2)cc1C. The van der Waals surface area contributed by atoms with Crippen LogP contribution in [0.5, 0.6) is 0 Å². The molecular formula is C20H23N3O3S. The number of piperazine rings is 1. The fourth-order valence-electron chi connectivity index (χ4n) is 3.42. The van der Waals surface area contributed by atoms with Crippen molar-refractivity contribution >= 4 is 21.0 Å². The minimum absolute atomic E-state index is 0.376. The maximum Gasteiger partial charge on any atom is 0.243 e. The number of hydrogen-bond donors (Lipinski definition) is 0. The Bertz CT molecular complexity index is 1070. The van der Waals surface area contributed by atoms with Crippen LogP contribution in [0.4, 0.5) is 0 Å². The van der Waals surface area contributed by atoms with E-state index in [1.165, 1.54) is 0 Å². The number of benzene rings is 2. The van der Waals surface area contributed by atoms with Crippen molar-refractivity contribution in [2.75, 3.05) is 26.2 Å². The maximum absolute atomic E-state index is 12.9. The lowest BCUT2D eigenvalue weighted by molar-refractivity contribution is 0.178. The van der Waals surface area contributed by atoms with Crippen molar-refractivity contribution < 1.29 is 12.9 Å². The lowest BCUT2D eigenvalue weighted by atomic mass is 10.1. The smallest absolute Gasteiger partial charge is 0.243 e. The van der Waals surface area contributed by atoms with Gasteiger partial charge in [-0.2, -0.15) is 4.31 Å². The first-order chi connectivity index (χ1) is 12.9. The molecule has 7 heteroatoms. The van der Waals surface area contributed by atoms with E-state index >= 15 is 0 Å². The number of aromatic nitrogens is 1. The van der Waals surface area contributed by atoms with Crippen LogP contribution >= 0.6 is 0 Å². The van der Waals surface area contributed by atoms with Gasteiger partial charge in [0, 0.05) is 38.1 Å². The van der Waals surface area contributed by atoms with Gasteiger partial charge in [0.15, 0.2) is 5.58 Å². The molecule has 4 rings (SSSR count). The van der Waals surface area contributed by atoms with Gasteiger partial charge in [0.1, 0.15) is 5.69 Å². The first-order valence-electron chi connectivity index (χ1n) is 9.08. The molecule has 6 nitrogen and oxygen atoms in total. The van der Waals surface area contributed by atoms with Gasteiger partial charge in [0.05, 0.1) is 4.90 Å². The van der Waals surface area contributed by atoms with E-state index in [2.05, 4.69) is 10.1 Å². The number of fused-ring (bicyclic) bond motifs is 1. The molecule has 0 amide bonds. The van der Waals surface area contributed by atoms with Crippen molar-refractivity contribution in [2.24, 2.45) is 0 Å². The van der Waals surface area contributed by atoms with Gasteiger partial charge in [-0.05, 0) is 49.2 Å². The summed E-state index contributed by atoms with van der Waals surface area (Å²) < 4.78 is 32.8. The van der Waals surface area contributed by atoms with E-state index in [1.54, 1.807) is 16.4 Å². The normalized spacial score (nSPS) is 16.8. The highest BCUT2D eigenvalue weighted by Gasteiger charge is 2.29. The minimum Gasteiger partial charge on any atom is -0.356 e. The molecule has 1 fully saturated rings. The molecule has 0 unspecified atom stereocenters. The summed E-state index contributed by atoms with van der Waals surface area (Å²) in [5.74, 6) is 0. The number of hydrogen-bond acceptors (Lipinski definition) is 5. The highest BCUT2D eigenvalue weighted by Crippen LogP contribution is 2.23. The molecule has 3 aromatic rings. The van der Waals surface area contributed by atoms with Gasteiger partial charge in [0.25, 0.3) is 0 Å². The Labute approximate surface area is 159 Å². The minimum atomic E-state index is -3.45. The quantitative estimate of drug-likeness (QED) is 0.691. The molecule has 0 radical (unpaired) electrons. The molecule has 2 heterocycles. The standard InChI is InChI=1S/C20H23N3O3S/c1-15-7-8-17(13-16(15)2)27(24,25)23-11-9-22(10-12-23)14-19-18-5-3-4-6-20(18)26-21-19/h3-8,13H,9-12,14H2,1-2H3. The van der Waals surface area contributed by atoms with E-state index in [1.807, 2.05) is 44.2 Å². The van der Waals surface area contributed by atoms with Crippen molar-refractivity contribution in [3.8, 4) is 0 Å². The maximum atomic E-state index is 12.9. The predicted molar refractivity (Wildman–Crippen MR) is 104 cm³/mol. The Hall–Kier alpha value is -2.22. The third kappa shape index (κ3) is 3.50. The van der Waals surface area contributed by atoms with Crippen LogP contribution in [0, 0.1) is 13.8 Å². The second-order valence-corrected chi connectivity index (χ2v) is 8.99. The molecule has 1 aliphatic rings. The van der Waals surface area contributed by atoms with Crippen LogP contribution in [0.25, 0.3) is 11.0 Å². The highest BCUT2D eigenvalue weighted by atomic mass is 32.2. The second kappa shape index (κ2) is 7.07. The van der Waals surface area contributed by atoms with Crippen molar-refractivity contribution in [2.45, 2.75) is 25.3 Å². The van der Waals surface area contributed by atoms with Crippen LogP contribution in [0.3, 0.4) is 0 Å². The Morgan fingerprint density at radius 1 is 1.00 bits per heavy atom. The first-order valence-corrected chi connectivity index (χ1v) is 10.5. The molecule has 1 aromatic heterocycles. The molecule has 0 N–H and O–H groups in total. The summed E-state index contributed by atoms with van der Waals surface area (Å²) in [4.78, 5) is 2.60. The van der Waals surface area contributed by atoms with E-state index < -0.39 is 10.0 Å². The molecule has 0 aliphatic carbocycles. The van der Waals surface area contributed by atoms with Gasteiger partial charge in [-0.15, -0.1) is 0 Å². The number of sulfonamides is 1. The number of aryl methyl sites for hydroxylation is 2. The second-order valence-electron chi connectivity index (χ2n) is 7.05. The van der Waals surface area contributed by atoms with Crippen LogP contribution in [-0.4, -0.2) is 49.0 Å². The number of para-hydroxylation sites is 1. The van der Waals surface area contributed by atoms with E-state index in [0.29, 0.717) is 37.6 Å². The topological polar surface area (TPSA) is 66.7 Å². The number of nitrogens with zero attached hydrogens (tertiary/aromatic N) is 3. The Morgan fingerprint density at radius 3 is 2.48 bits per heavy atom. The fourth-order valence-corrected chi connectivity index (χ4v) is 4.92. The van der Waals surface area contributed by atoms with Crippen molar-refractivity contribution in [3.63, 3.8) is 0 Å². The van der Waals surface area contributed by atoms with Gasteiger partial charge in [0.2, 0.25) is 10.0 Å². The van der Waals surface area contributed by atoms with E-state index in [0.717, 1.165) is 27.8 Å². The predicted octanol–water partition coefficient (Wildman–Crippen LogP) is 2.95. The summed E-state index contributed by atoms with van der Waals surface area (Å²) in [6, 6.07) is 13.1. The third-order valence-corrected chi connectivity index (χ3v) is 7.17. The van der Waals surface area contributed by atoms with Crippen LogP contribution in [0.1, 0.15) is 16.8 Å². The average molecular weight is 385 g/mol. The lowest BCUT2D eigenvalue weighted by Crippen LogP contribution is -2.48. The summed E-state index contributed by atoms with van der Waals surface area (Å²) in [5.41, 5.74) is 3.77. The lowest BCUT2D eigenvalue weighted by Gasteiger charge is -2.33. The summed E-state index contributed by atoms with van der Waals surface area (Å²) >= 11 is 0. The highest BCUT2D eigenvalue weighted by molar-refractivity contribution is 7.89. The molecule has 0 saturated carbocycles. The molecule has 1 saturated heterocycles. The fraction of sp³-hybridized carbons (Fsp3) is 0.350. The molecule has 1 aliphatic heterocycles. The molecule has 0 bridgehead atoms. The summed E-state index contributed by atoms with van der Waals surface area (Å²) in [5, 5.41) is 5.19. The summed E-state index contributed by atoms with van der Waals surface area (Å²) in [6.45, 7) is 6.88. The molecule has 0 atom stereocenters. The zero-order valence-electron chi connectivity index (χ0n) is 15.6. The zero-order chi connectivity index (χ0) is 19.0. The summed E-state index contributed by atoms with van der Waals surface area (Å²) in [7, 11) is -3.45. The van der Waals surface area contributed by atoms with Crippen molar-refractivity contribution in [1.29, 1.82) is 0 Å². The van der Waals surface area contributed by atoms with Gasteiger partial charge in [-0.3, -0.25) is 4.90 Å². The average Bonchev–Trinajstić information content (AvgIpc) is 3.07. The molecule has 142 valence electrons. The zero-order valence-corrected chi connectivity index (χ0v) is 16.4. The molecule has 0 spiro atoms. The Morgan fingerprint density at radius 2 is 1.74 bits per heavy atom. The third-order valence-electron chi connectivity index (χ3n) is 5.27. The largest absolute Gasteiger partial charge is 0.356 e. The molecule has 2 aromatic carbocycles. The molecular weight excluding hydrogens is 362 g/mol. The molecule has 27 heavy (non-hydrogen) atoms. The Balaban J connectivity index is 1.44. The van der Waals surface area contributed by atoms with Gasteiger partial charge in [-0.1, -0.05) is 23.4 Å². The van der Waals surface area contributed by atoms with Crippen LogP contribution in [-0.2, 0) is 16.6 Å². The van der Waals surface area contributed by atoms with Gasteiger partial charge >= 0.3 is 0 Å². The van der Waals surface area contributed by atoms with E-state index in [9.17, 15) is 8.42 Å². The van der Waals surface area contributed by atoms with E-state index in [-0.39, 0.29) is 0 Å². The Kier molecular flexibility index (Phi) is 4.75. The summed E-state index contributed by atoms with van der Waals surface area (Å²) in [6.07, 6.45) is 0. The van der Waals surface area contributed by atoms with E-state index in [4.69, 9.17) is 4.52 Å². The van der Waals surface area contributed by atoms with Gasteiger partial charge < -0.3 is 4.52 Å². The first kappa shape index (κ1) is 18.2. The van der Waals surface area contributed by atoms with Crippen LogP contribution in [0.15, 0.2) is 51.9 Å². The van der Waals surface area contributed by atoms with Crippen molar-refractivity contribution in [3.05, 3.63) is 59.3 Å². The van der Waals surface area contributed by atoms with Crippen LogP contribution < -0.4 is 0 Å². The number of rotatable bonds is 4. The monoisotopic (exact) mass is 385 g/mol.